The number of benzene rings is 2. The smallest absolute Gasteiger partial charge is 0.416 e. The molecular formula is C25H23ClF5N3O5. The van der Waals surface area contributed by atoms with Crippen molar-refractivity contribution in [2.75, 3.05) is 25.0 Å². The highest BCUT2D eigenvalue weighted by Gasteiger charge is 2.57. The molecule has 210 valence electrons. The fourth-order valence-electron chi connectivity index (χ4n) is 4.22. The van der Waals surface area contributed by atoms with Crippen molar-refractivity contribution in [3.8, 4) is 0 Å². The van der Waals surface area contributed by atoms with Crippen LogP contribution in [0.25, 0.3) is 0 Å². The van der Waals surface area contributed by atoms with Crippen molar-refractivity contribution >= 4 is 35.1 Å². The first kappa shape index (κ1) is 28.6. The Bertz CT molecular complexity index is 1250. The molecule has 2 aliphatic heterocycles. The second kappa shape index (κ2) is 11.0. The van der Waals surface area contributed by atoms with Gasteiger partial charge in [0.1, 0.15) is 0 Å². The highest BCUT2D eigenvalue weighted by atomic mass is 35.5. The summed E-state index contributed by atoms with van der Waals surface area (Å²) in [5.41, 5.74) is 2.16. The second-order valence-corrected chi connectivity index (χ2v) is 9.42. The zero-order valence-electron chi connectivity index (χ0n) is 20.2. The predicted molar refractivity (Wildman–Crippen MR) is 128 cm³/mol. The van der Waals surface area contributed by atoms with Crippen molar-refractivity contribution in [3.63, 3.8) is 0 Å². The van der Waals surface area contributed by atoms with E-state index in [9.17, 15) is 36.3 Å². The van der Waals surface area contributed by atoms with Crippen molar-refractivity contribution in [2.24, 2.45) is 0 Å². The summed E-state index contributed by atoms with van der Waals surface area (Å²) in [6.45, 7) is -1.17. The summed E-state index contributed by atoms with van der Waals surface area (Å²) in [6.07, 6.45) is -5.53. The minimum Gasteiger partial charge on any atom is -0.416 e. The third-order valence-corrected chi connectivity index (χ3v) is 6.56. The van der Waals surface area contributed by atoms with Gasteiger partial charge in [0.25, 0.3) is 11.7 Å². The number of anilines is 1. The number of carbonyl (C=O) groups excluding carboxylic acids is 3. The Morgan fingerprint density at radius 2 is 1.62 bits per heavy atom. The molecule has 8 nitrogen and oxygen atoms in total. The zero-order chi connectivity index (χ0) is 28.4. The standard InChI is InChI=1S/C25H23ClF5N3O5/c26-18-6-5-17-16(9-10-32-12-23(17)38-19(35)7-8-20(36)39-23)21(18)33-11-14-1-3-15(4-2-14)22(37)34-13-24(27,28)25(29,30)31/h1-6,32-33H,7-13H2,(H,34,37). The molecule has 2 heterocycles. The number of nitrogens with one attached hydrogen (secondary N) is 3. The molecule has 1 fully saturated rings. The lowest BCUT2D eigenvalue weighted by Crippen LogP contribution is -2.46. The van der Waals surface area contributed by atoms with Gasteiger partial charge in [-0.15, -0.1) is 0 Å². The molecule has 39 heavy (non-hydrogen) atoms. The van der Waals surface area contributed by atoms with E-state index in [1.807, 2.05) is 0 Å². The van der Waals surface area contributed by atoms with E-state index in [1.54, 1.807) is 17.4 Å². The van der Waals surface area contributed by atoms with Crippen LogP contribution in [-0.2, 0) is 37.8 Å². The lowest BCUT2D eigenvalue weighted by Gasteiger charge is -2.32. The highest BCUT2D eigenvalue weighted by Crippen LogP contribution is 2.40. The van der Waals surface area contributed by atoms with Crippen molar-refractivity contribution in [1.82, 2.24) is 10.6 Å². The molecule has 0 saturated carbocycles. The van der Waals surface area contributed by atoms with Gasteiger partial charge in [-0.25, -0.2) is 0 Å². The van der Waals surface area contributed by atoms with E-state index in [0.29, 0.717) is 40.4 Å². The molecule has 0 bridgehead atoms. The van der Waals surface area contributed by atoms with Crippen LogP contribution >= 0.6 is 11.6 Å². The van der Waals surface area contributed by atoms with E-state index < -0.39 is 42.3 Å². The van der Waals surface area contributed by atoms with Crippen LogP contribution in [-0.4, -0.2) is 49.6 Å². The molecule has 1 amide bonds. The Morgan fingerprint density at radius 1 is 0.974 bits per heavy atom. The van der Waals surface area contributed by atoms with Gasteiger partial charge in [-0.2, -0.15) is 22.0 Å². The Morgan fingerprint density at radius 3 is 2.23 bits per heavy atom. The van der Waals surface area contributed by atoms with Gasteiger partial charge in [-0.3, -0.25) is 14.4 Å². The predicted octanol–water partition coefficient (Wildman–Crippen LogP) is 4.06. The molecule has 1 saturated heterocycles. The number of hydrogen-bond donors (Lipinski definition) is 3. The van der Waals surface area contributed by atoms with Crippen LogP contribution < -0.4 is 16.0 Å². The summed E-state index contributed by atoms with van der Waals surface area (Å²) in [7, 11) is 0. The summed E-state index contributed by atoms with van der Waals surface area (Å²) in [6, 6.07) is 8.78. The number of ether oxygens (including phenoxy) is 2. The van der Waals surface area contributed by atoms with Gasteiger partial charge in [0, 0.05) is 17.7 Å². The average molecular weight is 576 g/mol. The number of alkyl halides is 5. The SMILES string of the molecule is O=C1CCC(=O)OC2(CNCCc3c2ccc(Cl)c3NCc2ccc(C(=O)NCC(F)(F)C(F)(F)F)cc2)O1. The Hall–Kier alpha value is -3.45. The van der Waals surface area contributed by atoms with Crippen LogP contribution in [0.3, 0.4) is 0 Å². The molecule has 2 aromatic carbocycles. The van der Waals surface area contributed by atoms with Gasteiger partial charge in [0.15, 0.2) is 0 Å². The number of esters is 2. The third kappa shape index (κ3) is 6.25. The Labute approximate surface area is 224 Å². The summed E-state index contributed by atoms with van der Waals surface area (Å²) in [5, 5.41) is 8.24. The highest BCUT2D eigenvalue weighted by molar-refractivity contribution is 6.33. The first-order chi connectivity index (χ1) is 18.3. The van der Waals surface area contributed by atoms with Crippen LogP contribution in [0.15, 0.2) is 36.4 Å². The molecule has 1 spiro atoms. The quantitative estimate of drug-likeness (QED) is 0.352. The Kier molecular flexibility index (Phi) is 8.03. The van der Waals surface area contributed by atoms with E-state index in [0.717, 1.165) is 0 Å². The normalized spacial score (nSPS) is 17.4. The lowest BCUT2D eigenvalue weighted by molar-refractivity contribution is -0.278. The van der Waals surface area contributed by atoms with Gasteiger partial charge >= 0.3 is 24.0 Å². The van der Waals surface area contributed by atoms with Gasteiger partial charge < -0.3 is 25.4 Å². The molecule has 0 unspecified atom stereocenters. The van der Waals surface area contributed by atoms with Gasteiger partial charge in [-0.1, -0.05) is 23.7 Å². The number of rotatable bonds is 6. The fraction of sp³-hybridized carbons (Fsp3) is 0.400. The number of hydrogen-bond acceptors (Lipinski definition) is 7. The van der Waals surface area contributed by atoms with E-state index in [4.69, 9.17) is 21.1 Å². The van der Waals surface area contributed by atoms with E-state index >= 15 is 0 Å². The van der Waals surface area contributed by atoms with E-state index in [1.165, 1.54) is 24.3 Å². The maximum absolute atomic E-state index is 13.1. The van der Waals surface area contributed by atoms with Gasteiger partial charge in [-0.05, 0) is 48.4 Å². The first-order valence-electron chi connectivity index (χ1n) is 11.8. The van der Waals surface area contributed by atoms with Crippen LogP contribution in [0.4, 0.5) is 27.6 Å². The second-order valence-electron chi connectivity index (χ2n) is 9.01. The first-order valence-corrected chi connectivity index (χ1v) is 12.2. The minimum absolute atomic E-state index is 0.0526. The van der Waals surface area contributed by atoms with E-state index in [2.05, 4.69) is 10.6 Å². The van der Waals surface area contributed by atoms with Crippen LogP contribution in [0.2, 0.25) is 5.02 Å². The molecule has 14 heteroatoms. The zero-order valence-corrected chi connectivity index (χ0v) is 21.0. The monoisotopic (exact) mass is 575 g/mol. The van der Waals surface area contributed by atoms with E-state index in [-0.39, 0.29) is 31.5 Å². The van der Waals surface area contributed by atoms with Crippen molar-refractivity contribution in [2.45, 2.75) is 43.7 Å². The summed E-state index contributed by atoms with van der Waals surface area (Å²) >= 11 is 6.48. The van der Waals surface area contributed by atoms with Gasteiger partial charge in [0.2, 0.25) is 0 Å². The van der Waals surface area contributed by atoms with Gasteiger partial charge in [0.05, 0.1) is 36.6 Å². The Balaban J connectivity index is 1.50. The maximum Gasteiger partial charge on any atom is 0.455 e. The topological polar surface area (TPSA) is 106 Å². The molecule has 0 aliphatic carbocycles. The van der Waals surface area contributed by atoms with Crippen molar-refractivity contribution in [3.05, 3.63) is 63.7 Å². The van der Waals surface area contributed by atoms with Crippen LogP contribution in [0.5, 0.6) is 0 Å². The number of fused-ring (bicyclic) bond motifs is 2. The number of carbonyl (C=O) groups is 3. The molecule has 0 radical (unpaired) electrons. The maximum atomic E-state index is 13.1. The molecular weight excluding hydrogens is 553 g/mol. The summed E-state index contributed by atoms with van der Waals surface area (Å²) in [4.78, 5) is 36.6. The molecule has 0 aromatic heterocycles. The van der Waals surface area contributed by atoms with Crippen molar-refractivity contribution in [1.29, 1.82) is 0 Å². The molecule has 2 aliphatic rings. The summed E-state index contributed by atoms with van der Waals surface area (Å²) in [5.74, 6) is -8.95. The molecule has 2 aromatic rings. The van der Waals surface area contributed by atoms with Crippen molar-refractivity contribution < 1.29 is 45.8 Å². The number of amides is 1. The number of halogens is 6. The lowest BCUT2D eigenvalue weighted by atomic mass is 9.96. The summed E-state index contributed by atoms with van der Waals surface area (Å²) < 4.78 is 74.3. The average Bonchev–Trinajstić information content (AvgIpc) is 3.13. The molecule has 3 N–H and O–H groups in total. The molecule has 4 rings (SSSR count). The largest absolute Gasteiger partial charge is 0.455 e. The van der Waals surface area contributed by atoms with Crippen LogP contribution in [0, 0.1) is 0 Å². The third-order valence-electron chi connectivity index (χ3n) is 6.24. The van der Waals surface area contributed by atoms with Crippen LogP contribution in [0.1, 0.15) is 39.9 Å². The fourth-order valence-corrected chi connectivity index (χ4v) is 4.47. The molecule has 0 atom stereocenters. The minimum atomic E-state index is -5.78.